The fraction of sp³-hybridized carbons (Fsp3) is 0.0476. The van der Waals surface area contributed by atoms with Crippen LogP contribution in [-0.2, 0) is 9.84 Å². The number of hydrogen-bond acceptors (Lipinski definition) is 4. The van der Waals surface area contributed by atoms with Crippen LogP contribution in [0.15, 0.2) is 77.7 Å². The molecule has 0 saturated heterocycles. The zero-order valence-corrected chi connectivity index (χ0v) is 15.7. The van der Waals surface area contributed by atoms with E-state index in [9.17, 15) is 22.4 Å². The maximum Gasteiger partial charge on any atom is 0.256 e. The van der Waals surface area contributed by atoms with Crippen molar-refractivity contribution in [3.63, 3.8) is 0 Å². The maximum absolute atomic E-state index is 13.1. The number of amides is 1. The Kier molecular flexibility index (Phi) is 5.37. The third-order valence-electron chi connectivity index (χ3n) is 4.04. The molecule has 3 rings (SSSR count). The van der Waals surface area contributed by atoms with E-state index >= 15 is 0 Å². The van der Waals surface area contributed by atoms with Crippen LogP contribution < -0.4 is 5.32 Å². The van der Waals surface area contributed by atoms with E-state index in [1.165, 1.54) is 54.6 Å². The standard InChI is InChI=1S/C21H16FNO4S/c1-28(26,27)17-6-4-5-16(13-17)23-21(25)19-8-3-2-7-18(19)20(24)14-9-11-15(22)12-10-14/h2-13H,1H3,(H,23,25). The molecule has 0 atom stereocenters. The van der Waals surface area contributed by atoms with Crippen molar-refractivity contribution >= 4 is 27.2 Å². The Morgan fingerprint density at radius 3 is 2.14 bits per heavy atom. The van der Waals surface area contributed by atoms with Crippen molar-refractivity contribution in [1.82, 2.24) is 0 Å². The zero-order valence-electron chi connectivity index (χ0n) is 14.8. The topological polar surface area (TPSA) is 80.3 Å². The number of sulfone groups is 1. The van der Waals surface area contributed by atoms with Gasteiger partial charge in [-0.15, -0.1) is 0 Å². The van der Waals surface area contributed by atoms with Crippen molar-refractivity contribution in [1.29, 1.82) is 0 Å². The summed E-state index contributed by atoms with van der Waals surface area (Å²) in [6, 6.07) is 17.1. The minimum absolute atomic E-state index is 0.0703. The van der Waals surface area contributed by atoms with Gasteiger partial charge in [0.05, 0.1) is 10.5 Å². The number of ketones is 1. The van der Waals surface area contributed by atoms with Gasteiger partial charge in [0.1, 0.15) is 5.82 Å². The van der Waals surface area contributed by atoms with Crippen LogP contribution in [0, 0.1) is 5.82 Å². The number of carbonyl (C=O) groups is 2. The van der Waals surface area contributed by atoms with Gasteiger partial charge in [-0.25, -0.2) is 12.8 Å². The Morgan fingerprint density at radius 2 is 1.50 bits per heavy atom. The van der Waals surface area contributed by atoms with Gasteiger partial charge in [0.25, 0.3) is 5.91 Å². The summed E-state index contributed by atoms with van der Waals surface area (Å²) in [7, 11) is -3.42. The van der Waals surface area contributed by atoms with Crippen LogP contribution in [0.5, 0.6) is 0 Å². The number of rotatable bonds is 5. The molecule has 0 fully saturated rings. The molecule has 28 heavy (non-hydrogen) atoms. The van der Waals surface area contributed by atoms with E-state index < -0.39 is 27.3 Å². The van der Waals surface area contributed by atoms with Crippen LogP contribution in [-0.4, -0.2) is 26.4 Å². The Labute approximate surface area is 161 Å². The molecule has 142 valence electrons. The van der Waals surface area contributed by atoms with Crippen molar-refractivity contribution in [3.05, 3.63) is 95.3 Å². The molecule has 3 aromatic rings. The van der Waals surface area contributed by atoms with Crippen LogP contribution in [0.2, 0.25) is 0 Å². The minimum Gasteiger partial charge on any atom is -0.322 e. The molecule has 0 aliphatic carbocycles. The third-order valence-corrected chi connectivity index (χ3v) is 5.15. The summed E-state index contributed by atoms with van der Waals surface area (Å²) in [5, 5.41) is 2.61. The van der Waals surface area contributed by atoms with Gasteiger partial charge in [0.2, 0.25) is 0 Å². The molecule has 0 unspecified atom stereocenters. The summed E-state index contributed by atoms with van der Waals surface area (Å²) in [5.74, 6) is -1.44. The normalized spacial score (nSPS) is 11.1. The smallest absolute Gasteiger partial charge is 0.256 e. The first-order valence-corrected chi connectivity index (χ1v) is 10.2. The van der Waals surface area contributed by atoms with E-state index in [4.69, 9.17) is 0 Å². The monoisotopic (exact) mass is 397 g/mol. The first kappa shape index (κ1) is 19.4. The molecule has 0 radical (unpaired) electrons. The minimum atomic E-state index is -3.42. The fourth-order valence-electron chi connectivity index (χ4n) is 2.64. The van der Waals surface area contributed by atoms with Gasteiger partial charge >= 0.3 is 0 Å². The second-order valence-corrected chi connectivity index (χ2v) is 8.15. The first-order valence-electron chi connectivity index (χ1n) is 8.26. The van der Waals surface area contributed by atoms with Gasteiger partial charge in [-0.1, -0.05) is 24.3 Å². The Morgan fingerprint density at radius 1 is 0.857 bits per heavy atom. The van der Waals surface area contributed by atoms with E-state index in [2.05, 4.69) is 5.32 Å². The molecule has 1 N–H and O–H groups in total. The highest BCUT2D eigenvalue weighted by atomic mass is 32.2. The SMILES string of the molecule is CS(=O)(=O)c1cccc(NC(=O)c2ccccc2C(=O)c2ccc(F)cc2)c1. The summed E-state index contributed by atoms with van der Waals surface area (Å²) in [5.41, 5.74) is 0.824. The number of anilines is 1. The summed E-state index contributed by atoms with van der Waals surface area (Å²) in [6.07, 6.45) is 1.07. The lowest BCUT2D eigenvalue weighted by Gasteiger charge is -2.10. The van der Waals surface area contributed by atoms with Gasteiger partial charge in [-0.2, -0.15) is 0 Å². The second kappa shape index (κ2) is 7.74. The Bertz CT molecular complexity index is 1160. The van der Waals surface area contributed by atoms with Crippen LogP contribution >= 0.6 is 0 Å². The molecule has 1 amide bonds. The summed E-state index contributed by atoms with van der Waals surface area (Å²) < 4.78 is 36.5. The Hall–Kier alpha value is -3.32. The highest BCUT2D eigenvalue weighted by Crippen LogP contribution is 2.19. The molecule has 0 saturated carbocycles. The van der Waals surface area contributed by atoms with Crippen LogP contribution in [0.1, 0.15) is 26.3 Å². The van der Waals surface area contributed by atoms with Crippen LogP contribution in [0.4, 0.5) is 10.1 Å². The predicted octanol–water partition coefficient (Wildman–Crippen LogP) is 3.71. The molecule has 0 heterocycles. The van der Waals surface area contributed by atoms with E-state index in [-0.39, 0.29) is 27.3 Å². The number of hydrogen-bond donors (Lipinski definition) is 1. The van der Waals surface area contributed by atoms with E-state index in [0.717, 1.165) is 6.26 Å². The number of nitrogens with one attached hydrogen (secondary N) is 1. The molecule has 7 heteroatoms. The van der Waals surface area contributed by atoms with Crippen molar-refractivity contribution < 1.29 is 22.4 Å². The summed E-state index contributed by atoms with van der Waals surface area (Å²) in [4.78, 5) is 25.5. The number of halogens is 1. The molecule has 0 aliphatic rings. The lowest BCUT2D eigenvalue weighted by Crippen LogP contribution is -2.17. The number of benzene rings is 3. The van der Waals surface area contributed by atoms with Crippen LogP contribution in [0.3, 0.4) is 0 Å². The largest absolute Gasteiger partial charge is 0.322 e. The van der Waals surface area contributed by atoms with Crippen molar-refractivity contribution in [2.45, 2.75) is 4.90 Å². The van der Waals surface area contributed by atoms with Gasteiger partial charge in [0.15, 0.2) is 15.6 Å². The summed E-state index contributed by atoms with van der Waals surface area (Å²) in [6.45, 7) is 0. The first-order chi connectivity index (χ1) is 13.3. The molecule has 0 aromatic heterocycles. The third kappa shape index (κ3) is 4.32. The average Bonchev–Trinajstić information content (AvgIpc) is 2.67. The van der Waals surface area contributed by atoms with Gasteiger partial charge in [-0.3, -0.25) is 9.59 Å². The van der Waals surface area contributed by atoms with Crippen molar-refractivity contribution in [2.24, 2.45) is 0 Å². The highest BCUT2D eigenvalue weighted by Gasteiger charge is 2.18. The summed E-state index contributed by atoms with van der Waals surface area (Å²) >= 11 is 0. The molecule has 0 spiro atoms. The highest BCUT2D eigenvalue weighted by molar-refractivity contribution is 7.90. The van der Waals surface area contributed by atoms with Crippen molar-refractivity contribution in [2.75, 3.05) is 11.6 Å². The number of carbonyl (C=O) groups excluding carboxylic acids is 2. The second-order valence-electron chi connectivity index (χ2n) is 6.14. The molecular weight excluding hydrogens is 381 g/mol. The van der Waals surface area contributed by atoms with E-state index in [0.29, 0.717) is 0 Å². The van der Waals surface area contributed by atoms with Gasteiger partial charge < -0.3 is 5.32 Å². The van der Waals surface area contributed by atoms with Gasteiger partial charge in [-0.05, 0) is 48.5 Å². The molecular formula is C21H16FNO4S. The molecule has 3 aromatic carbocycles. The molecule has 0 aliphatic heterocycles. The van der Waals surface area contributed by atoms with E-state index in [1.54, 1.807) is 18.2 Å². The van der Waals surface area contributed by atoms with Crippen LogP contribution in [0.25, 0.3) is 0 Å². The predicted molar refractivity (Wildman–Crippen MR) is 104 cm³/mol. The van der Waals surface area contributed by atoms with E-state index in [1.807, 2.05) is 0 Å². The van der Waals surface area contributed by atoms with Crippen molar-refractivity contribution in [3.8, 4) is 0 Å². The molecule has 0 bridgehead atoms. The maximum atomic E-state index is 13.1. The average molecular weight is 397 g/mol. The quantitative estimate of drug-likeness (QED) is 0.666. The lowest BCUT2D eigenvalue weighted by atomic mass is 9.98. The molecule has 5 nitrogen and oxygen atoms in total. The zero-order chi connectivity index (χ0) is 20.3. The Balaban J connectivity index is 1.91. The lowest BCUT2D eigenvalue weighted by molar-refractivity contribution is 0.0996. The van der Waals surface area contributed by atoms with Gasteiger partial charge in [0, 0.05) is 23.1 Å². The fourth-order valence-corrected chi connectivity index (χ4v) is 3.31.